The Labute approximate surface area is 89.4 Å². The summed E-state index contributed by atoms with van der Waals surface area (Å²) in [5.74, 6) is 0.0162. The Morgan fingerprint density at radius 1 is 1.50 bits per heavy atom. The summed E-state index contributed by atoms with van der Waals surface area (Å²) >= 11 is 4.25. The SMILES string of the molecule is [Li+].[O-]c1c[c-]ccc1.[Zn+][Br]. The summed E-state index contributed by atoms with van der Waals surface area (Å²) in [4.78, 5) is 0. The van der Waals surface area contributed by atoms with E-state index in [1.165, 1.54) is 28.5 Å². The van der Waals surface area contributed by atoms with E-state index in [4.69, 9.17) is 0 Å². The molecule has 0 aromatic heterocycles. The first-order valence-corrected chi connectivity index (χ1v) is 9.24. The van der Waals surface area contributed by atoms with E-state index >= 15 is 0 Å². The zero-order chi connectivity index (χ0) is 7.11. The number of rotatable bonds is 0. The molecule has 10 heavy (non-hydrogen) atoms. The van der Waals surface area contributed by atoms with Gasteiger partial charge in [-0.2, -0.15) is 30.3 Å². The molecule has 0 aliphatic rings. The molecule has 1 rings (SSSR count). The quantitative estimate of drug-likeness (QED) is 0.398. The first kappa shape index (κ1) is 13.3. The second kappa shape index (κ2) is 9.72. The van der Waals surface area contributed by atoms with Gasteiger partial charge >= 0.3 is 48.8 Å². The topological polar surface area (TPSA) is 23.1 Å². The third-order valence-electron chi connectivity index (χ3n) is 0.679. The van der Waals surface area contributed by atoms with Gasteiger partial charge in [-0.1, -0.05) is 0 Å². The van der Waals surface area contributed by atoms with Gasteiger partial charge in [0.1, 0.15) is 0 Å². The van der Waals surface area contributed by atoms with Crippen LogP contribution in [0.15, 0.2) is 24.3 Å². The van der Waals surface area contributed by atoms with Crippen LogP contribution in [0.1, 0.15) is 0 Å². The van der Waals surface area contributed by atoms with Gasteiger partial charge in [0.05, 0.1) is 0 Å². The molecule has 0 unspecified atom stereocenters. The third kappa shape index (κ3) is 6.84. The van der Waals surface area contributed by atoms with Crippen molar-refractivity contribution in [2.24, 2.45) is 0 Å². The maximum atomic E-state index is 10.2. The molecule has 0 heterocycles. The molecule has 4 heteroatoms. The summed E-state index contributed by atoms with van der Waals surface area (Å²) in [6.07, 6.45) is 0. The normalized spacial score (nSPS) is 6.70. The van der Waals surface area contributed by atoms with Crippen LogP contribution in [0.3, 0.4) is 0 Å². The van der Waals surface area contributed by atoms with Crippen LogP contribution < -0.4 is 24.0 Å². The van der Waals surface area contributed by atoms with Gasteiger partial charge in [0.15, 0.2) is 0 Å². The average Bonchev–Trinajstić information content (AvgIpc) is 1.94. The van der Waals surface area contributed by atoms with Crippen molar-refractivity contribution in [3.63, 3.8) is 0 Å². The Hall–Kier alpha value is 0.721. The fraction of sp³-hybridized carbons (Fsp3) is 0. The minimum atomic E-state index is 0. The van der Waals surface area contributed by atoms with E-state index in [1.807, 2.05) is 0 Å². The van der Waals surface area contributed by atoms with E-state index in [9.17, 15) is 5.11 Å². The molecule has 1 nitrogen and oxygen atoms in total. The van der Waals surface area contributed by atoms with Crippen molar-refractivity contribution in [1.29, 1.82) is 0 Å². The molecule has 44 valence electrons. The van der Waals surface area contributed by atoms with Crippen LogP contribution in [0, 0.1) is 6.07 Å². The van der Waals surface area contributed by atoms with E-state index in [0.717, 1.165) is 0 Å². The van der Waals surface area contributed by atoms with Crippen LogP contribution in [0.2, 0.25) is 0 Å². The molecule has 0 radical (unpaired) electrons. The Morgan fingerprint density at radius 3 is 2.30 bits per heavy atom. The molecule has 0 amide bonds. The van der Waals surface area contributed by atoms with Gasteiger partial charge in [0.25, 0.3) is 0 Å². The van der Waals surface area contributed by atoms with Crippen LogP contribution in [0.5, 0.6) is 5.75 Å². The van der Waals surface area contributed by atoms with Crippen LogP contribution in [0.4, 0.5) is 0 Å². The summed E-state index contributed by atoms with van der Waals surface area (Å²) in [7, 11) is 0. The predicted octanol–water partition coefficient (Wildman–Crippen LogP) is -1.59. The molecule has 0 atom stereocenters. The minimum absolute atomic E-state index is 0. The van der Waals surface area contributed by atoms with Gasteiger partial charge in [-0.15, -0.1) is 0 Å². The van der Waals surface area contributed by atoms with Crippen molar-refractivity contribution >= 4 is 13.6 Å². The van der Waals surface area contributed by atoms with Crippen molar-refractivity contribution in [2.45, 2.75) is 0 Å². The molecular weight excluding hydrogens is 240 g/mol. The average molecular weight is 244 g/mol. The Kier molecular flexibility index (Phi) is 12.9. The zero-order valence-electron chi connectivity index (χ0n) is 5.80. The molecule has 0 saturated carbocycles. The van der Waals surface area contributed by atoms with Crippen molar-refractivity contribution in [1.82, 2.24) is 0 Å². The van der Waals surface area contributed by atoms with Crippen molar-refractivity contribution in [2.75, 3.05) is 0 Å². The molecule has 0 fully saturated rings. The number of hydrogen-bond donors (Lipinski definition) is 0. The maximum absolute atomic E-state index is 10.2. The number of halogens is 1. The Morgan fingerprint density at radius 2 is 2.10 bits per heavy atom. The number of benzene rings is 1. The fourth-order valence-corrected chi connectivity index (χ4v) is 0.377. The summed E-state index contributed by atoms with van der Waals surface area (Å²) in [5.41, 5.74) is 0. The van der Waals surface area contributed by atoms with E-state index in [2.05, 4.69) is 19.7 Å². The first-order valence-electron chi connectivity index (χ1n) is 2.29. The molecule has 1 aromatic carbocycles. The van der Waals surface area contributed by atoms with Crippen molar-refractivity contribution in [3.05, 3.63) is 30.3 Å². The van der Waals surface area contributed by atoms with Crippen molar-refractivity contribution in [3.8, 4) is 5.75 Å². The molecular formula is C6H4BrLiOZn. The van der Waals surface area contributed by atoms with Gasteiger partial charge in [0, 0.05) is 0 Å². The molecule has 0 aliphatic heterocycles. The van der Waals surface area contributed by atoms with Gasteiger partial charge in [-0.25, -0.2) is 5.75 Å². The third-order valence-corrected chi connectivity index (χ3v) is 0.679. The van der Waals surface area contributed by atoms with Crippen LogP contribution in [0.25, 0.3) is 0 Å². The molecule has 0 spiro atoms. The summed E-state index contributed by atoms with van der Waals surface area (Å²) in [6, 6.07) is 8.91. The van der Waals surface area contributed by atoms with Crippen LogP contribution in [-0.2, 0) is 16.3 Å². The van der Waals surface area contributed by atoms with E-state index in [-0.39, 0.29) is 24.6 Å². The standard InChI is InChI=1S/C6H5O.BrH.Li.Zn/c7-6-4-2-1-3-5-6;;;/h1-2,4-5,7H;1H;;/q-1;;+1;+2/p-2. The molecule has 0 N–H and O–H groups in total. The molecule has 1 aromatic rings. The molecule has 0 aliphatic carbocycles. The zero-order valence-corrected chi connectivity index (χ0v) is 10.4. The molecule has 0 saturated heterocycles. The summed E-state index contributed by atoms with van der Waals surface area (Å²) in [6.45, 7) is 0. The monoisotopic (exact) mass is 242 g/mol. The van der Waals surface area contributed by atoms with Crippen LogP contribution in [-0.4, -0.2) is 0 Å². The van der Waals surface area contributed by atoms with E-state index in [1.54, 1.807) is 12.1 Å². The van der Waals surface area contributed by atoms with Gasteiger partial charge in [-0.3, -0.25) is 0 Å². The second-order valence-corrected chi connectivity index (χ2v) is 1.24. The van der Waals surface area contributed by atoms with E-state index < -0.39 is 0 Å². The number of hydrogen-bond acceptors (Lipinski definition) is 1. The fourth-order valence-electron chi connectivity index (χ4n) is 0.377. The summed E-state index contributed by atoms with van der Waals surface area (Å²) < 4.78 is 0. The Balaban J connectivity index is 0. The van der Waals surface area contributed by atoms with Crippen LogP contribution >= 0.6 is 13.6 Å². The van der Waals surface area contributed by atoms with Gasteiger partial charge < -0.3 is 5.11 Å². The predicted molar refractivity (Wildman–Crippen MR) is 33.7 cm³/mol. The summed E-state index contributed by atoms with van der Waals surface area (Å²) in [5, 5.41) is 10.2. The van der Waals surface area contributed by atoms with Gasteiger partial charge in [-0.05, 0) is 0 Å². The second-order valence-electron chi connectivity index (χ2n) is 1.24. The van der Waals surface area contributed by atoms with E-state index in [0.29, 0.717) is 0 Å². The van der Waals surface area contributed by atoms with Crippen molar-refractivity contribution < 1.29 is 40.3 Å². The molecule has 0 bridgehead atoms. The van der Waals surface area contributed by atoms with Gasteiger partial charge in [0.2, 0.25) is 0 Å². The first-order chi connectivity index (χ1) is 4.39. The Bertz CT molecular complexity index is 148.